The molecule has 3 aromatic rings. The van der Waals surface area contributed by atoms with Crippen LogP contribution in [0.15, 0.2) is 29.8 Å². The predicted octanol–water partition coefficient (Wildman–Crippen LogP) is 2.75. The Morgan fingerprint density at radius 3 is 2.74 bits per heavy atom. The van der Waals surface area contributed by atoms with E-state index in [2.05, 4.69) is 15.2 Å². The van der Waals surface area contributed by atoms with Crippen LogP contribution in [0.1, 0.15) is 35.9 Å². The van der Waals surface area contributed by atoms with Gasteiger partial charge < -0.3 is 30.4 Å². The second-order valence-corrected chi connectivity index (χ2v) is 9.87. The van der Waals surface area contributed by atoms with Crippen LogP contribution in [-0.4, -0.2) is 66.4 Å². The van der Waals surface area contributed by atoms with E-state index in [-0.39, 0.29) is 58.2 Å². The lowest BCUT2D eigenvalue weighted by molar-refractivity contribution is -0.217. The third-order valence-electron chi connectivity index (χ3n) is 5.82. The first-order valence-electron chi connectivity index (χ1n) is 11.2. The van der Waals surface area contributed by atoms with Crippen LogP contribution < -0.4 is 11.6 Å². The molecule has 0 bridgehead atoms. The van der Waals surface area contributed by atoms with Gasteiger partial charge in [0.25, 0.3) is 5.19 Å². The van der Waals surface area contributed by atoms with Crippen molar-refractivity contribution in [3.8, 4) is 10.9 Å². The van der Waals surface area contributed by atoms with Crippen molar-refractivity contribution in [1.29, 1.82) is 0 Å². The Hall–Kier alpha value is -2.95. The van der Waals surface area contributed by atoms with Crippen LogP contribution >= 0.6 is 22.9 Å². The van der Waals surface area contributed by atoms with Crippen molar-refractivity contribution < 1.29 is 32.9 Å². The van der Waals surface area contributed by atoms with Crippen LogP contribution in [0.25, 0.3) is 11.4 Å². The quantitative estimate of drug-likeness (QED) is 0.221. The number of hydrogen-bond acceptors (Lipinski definition) is 11. The number of hydrazine groups is 1. The number of aromatic hydroxyl groups is 1. The zero-order valence-electron chi connectivity index (χ0n) is 20.1. The van der Waals surface area contributed by atoms with E-state index in [4.69, 9.17) is 32.7 Å². The molecule has 1 aromatic carbocycles. The summed E-state index contributed by atoms with van der Waals surface area (Å²) in [5, 5.41) is 31.1. The molecule has 0 saturated carbocycles. The largest absolute Gasteiger partial charge is 0.486 e. The SMILES string of the molecule is Cc1nnc(C(OC2COC2C)[C@@H](O)CN(N)/C=C(\N)c2csc(O)n2)n1-c1cc(Cl)ccc1C(F)(F)F. The molecule has 1 aliphatic rings. The molecule has 0 radical (unpaired) electrons. The van der Waals surface area contributed by atoms with Crippen LogP contribution in [0.5, 0.6) is 5.19 Å². The Kier molecular flexibility index (Phi) is 8.15. The predicted molar refractivity (Wildman–Crippen MR) is 132 cm³/mol. The molecule has 3 heterocycles. The van der Waals surface area contributed by atoms with E-state index in [0.717, 1.165) is 39.1 Å². The zero-order valence-corrected chi connectivity index (χ0v) is 21.7. The van der Waals surface area contributed by atoms with E-state index < -0.39 is 30.1 Å². The molecule has 1 fully saturated rings. The standard InChI is InChI=1S/C22H25ClF3N7O4S/c1-10-18(8-36-10)37-19(17(34)7-32(28)6-14(27)15-9-38-21(35)29-15)20-31-30-11(2)33(20)16-5-12(23)3-4-13(16)22(24,25)26/h3-6,9-10,17-19,34H,7-8,27-28H2,1-2H3,(H,29,35)/b14-6-/t10?,17-,18?,19?/m0/s1. The summed E-state index contributed by atoms with van der Waals surface area (Å²) < 4.78 is 54.3. The Balaban J connectivity index is 1.70. The Morgan fingerprint density at radius 2 is 2.16 bits per heavy atom. The van der Waals surface area contributed by atoms with E-state index in [1.54, 1.807) is 6.92 Å². The van der Waals surface area contributed by atoms with E-state index in [1.165, 1.54) is 18.5 Å². The van der Waals surface area contributed by atoms with Gasteiger partial charge in [-0.2, -0.15) is 13.2 Å². The molecule has 2 aromatic heterocycles. The summed E-state index contributed by atoms with van der Waals surface area (Å²) in [5.41, 5.74) is 5.08. The number of hydrogen-bond donors (Lipinski definition) is 4. The molecule has 0 aliphatic carbocycles. The van der Waals surface area contributed by atoms with Gasteiger partial charge in [-0.15, -0.1) is 10.2 Å². The molecule has 16 heteroatoms. The van der Waals surface area contributed by atoms with Gasteiger partial charge in [-0.05, 0) is 32.0 Å². The highest BCUT2D eigenvalue weighted by atomic mass is 35.5. The van der Waals surface area contributed by atoms with Crippen molar-refractivity contribution in [1.82, 2.24) is 24.8 Å². The summed E-state index contributed by atoms with van der Waals surface area (Å²) in [6.45, 7) is 3.18. The summed E-state index contributed by atoms with van der Waals surface area (Å²) in [6, 6.07) is 3.14. The van der Waals surface area contributed by atoms with Gasteiger partial charge in [-0.25, -0.2) is 10.8 Å². The van der Waals surface area contributed by atoms with Crippen molar-refractivity contribution in [3.63, 3.8) is 0 Å². The maximum absolute atomic E-state index is 13.9. The number of benzene rings is 1. The summed E-state index contributed by atoms with van der Waals surface area (Å²) in [6.07, 6.45) is -6.88. The van der Waals surface area contributed by atoms with E-state index >= 15 is 0 Å². The number of alkyl halides is 3. The van der Waals surface area contributed by atoms with E-state index in [0.29, 0.717) is 0 Å². The maximum Gasteiger partial charge on any atom is 0.418 e. The summed E-state index contributed by atoms with van der Waals surface area (Å²) in [4.78, 5) is 3.85. The highest BCUT2D eigenvalue weighted by Crippen LogP contribution is 2.38. The Bertz CT molecular complexity index is 1320. The van der Waals surface area contributed by atoms with Crippen LogP contribution in [0.2, 0.25) is 5.02 Å². The fourth-order valence-corrected chi connectivity index (χ4v) is 4.55. The third-order valence-corrected chi connectivity index (χ3v) is 6.70. The van der Waals surface area contributed by atoms with Crippen LogP contribution in [0, 0.1) is 6.92 Å². The first-order valence-corrected chi connectivity index (χ1v) is 12.5. The fraction of sp³-hybridized carbons (Fsp3) is 0.409. The number of thiazole rings is 1. The molecule has 3 unspecified atom stereocenters. The molecule has 6 N–H and O–H groups in total. The van der Waals surface area contributed by atoms with Gasteiger partial charge in [-0.3, -0.25) is 4.57 Å². The first kappa shape index (κ1) is 28.1. The second kappa shape index (κ2) is 11.0. The van der Waals surface area contributed by atoms with Crippen LogP contribution in [-0.2, 0) is 15.7 Å². The number of nitrogens with zero attached hydrogens (tertiary/aromatic N) is 5. The smallest absolute Gasteiger partial charge is 0.418 e. The van der Waals surface area contributed by atoms with Crippen LogP contribution in [0.3, 0.4) is 0 Å². The van der Waals surface area contributed by atoms with E-state index in [1.807, 2.05) is 0 Å². The average Bonchev–Trinajstić information content (AvgIpc) is 3.43. The van der Waals surface area contributed by atoms with Crippen molar-refractivity contribution in [3.05, 3.63) is 57.7 Å². The molecular weight excluding hydrogens is 551 g/mol. The number of aliphatic hydroxyl groups is 1. The third kappa shape index (κ3) is 6.03. The van der Waals surface area contributed by atoms with Crippen molar-refractivity contribution in [2.45, 2.75) is 44.4 Å². The molecule has 4 atom stereocenters. The molecule has 0 amide bonds. The molecule has 4 rings (SSSR count). The molecule has 0 spiro atoms. The second-order valence-electron chi connectivity index (χ2n) is 8.60. The van der Waals surface area contributed by atoms with Gasteiger partial charge in [0.2, 0.25) is 0 Å². The topological polar surface area (TPSA) is 158 Å². The number of aliphatic hydroxyl groups excluding tert-OH is 1. The Morgan fingerprint density at radius 1 is 1.42 bits per heavy atom. The normalized spacial score (nSPS) is 19.7. The minimum Gasteiger partial charge on any atom is -0.486 e. The van der Waals surface area contributed by atoms with Crippen LogP contribution in [0.4, 0.5) is 13.2 Å². The van der Waals surface area contributed by atoms with E-state index in [9.17, 15) is 23.4 Å². The van der Waals surface area contributed by atoms with Gasteiger partial charge in [0, 0.05) is 16.6 Å². The van der Waals surface area contributed by atoms with Gasteiger partial charge in [-0.1, -0.05) is 22.9 Å². The lowest BCUT2D eigenvalue weighted by Gasteiger charge is -2.38. The molecule has 11 nitrogen and oxygen atoms in total. The molecule has 206 valence electrons. The Labute approximate surface area is 224 Å². The van der Waals surface area contributed by atoms with Crippen molar-refractivity contribution in [2.24, 2.45) is 11.6 Å². The monoisotopic (exact) mass is 575 g/mol. The highest BCUT2D eigenvalue weighted by molar-refractivity contribution is 7.11. The van der Waals surface area contributed by atoms with Gasteiger partial charge in [0.05, 0.1) is 36.2 Å². The fourth-order valence-electron chi connectivity index (χ4n) is 3.83. The number of aromatic nitrogens is 4. The molecule has 1 aliphatic heterocycles. The van der Waals surface area contributed by atoms with Crippen molar-refractivity contribution >= 4 is 28.6 Å². The maximum atomic E-state index is 13.9. The molecule has 1 saturated heterocycles. The summed E-state index contributed by atoms with van der Waals surface area (Å²) >= 11 is 7.03. The number of aryl methyl sites for hydroxylation is 1. The number of halogens is 4. The minimum absolute atomic E-state index is 0.0629. The molecule has 38 heavy (non-hydrogen) atoms. The number of ether oxygens (including phenoxy) is 2. The lowest BCUT2D eigenvalue weighted by atomic mass is 10.1. The van der Waals surface area contributed by atoms with Gasteiger partial charge in [0.15, 0.2) is 5.82 Å². The van der Waals surface area contributed by atoms with Gasteiger partial charge in [0.1, 0.15) is 29.8 Å². The lowest BCUT2D eigenvalue weighted by Crippen LogP contribution is -2.48. The number of nitrogens with two attached hydrogens (primary N) is 2. The average molecular weight is 576 g/mol. The summed E-state index contributed by atoms with van der Waals surface area (Å²) in [7, 11) is 0. The highest BCUT2D eigenvalue weighted by Gasteiger charge is 2.40. The minimum atomic E-state index is -4.71. The number of rotatable bonds is 9. The summed E-state index contributed by atoms with van der Waals surface area (Å²) in [5.74, 6) is 6.06. The first-order chi connectivity index (χ1) is 17.8. The zero-order chi connectivity index (χ0) is 27.8. The van der Waals surface area contributed by atoms with Crippen molar-refractivity contribution in [2.75, 3.05) is 13.2 Å². The van der Waals surface area contributed by atoms with Gasteiger partial charge >= 0.3 is 6.18 Å². The molecular formula is C22H25ClF3N7O4S.